The van der Waals surface area contributed by atoms with Crippen LogP contribution in [-0.4, -0.2) is 21.8 Å². The molecule has 0 unspecified atom stereocenters. The number of para-hydroxylation sites is 1. The van der Waals surface area contributed by atoms with Crippen LogP contribution in [0.2, 0.25) is 0 Å². The number of amides is 1. The summed E-state index contributed by atoms with van der Waals surface area (Å²) in [7, 11) is 0. The Morgan fingerprint density at radius 1 is 1.32 bits per heavy atom. The lowest BCUT2D eigenvalue weighted by Gasteiger charge is -2.33. The van der Waals surface area contributed by atoms with Crippen molar-refractivity contribution in [3.05, 3.63) is 57.2 Å². The molecule has 0 spiro atoms. The van der Waals surface area contributed by atoms with Crippen LogP contribution in [0.4, 0.5) is 0 Å². The Hall–Kier alpha value is -2.12. The average Bonchev–Trinajstić information content (AvgIpc) is 3.15. The van der Waals surface area contributed by atoms with Crippen molar-refractivity contribution >= 4 is 39.9 Å². The monoisotopic (exact) mass is 370 g/mol. The summed E-state index contributed by atoms with van der Waals surface area (Å²) in [5.41, 5.74) is 1.62. The van der Waals surface area contributed by atoms with E-state index in [1.807, 2.05) is 35.7 Å². The normalized spacial score (nSPS) is 18.8. The molecule has 2 aliphatic heterocycles. The summed E-state index contributed by atoms with van der Waals surface area (Å²) in [6.45, 7) is 2.15. The summed E-state index contributed by atoms with van der Waals surface area (Å²) < 4.78 is 0. The van der Waals surface area contributed by atoms with E-state index < -0.39 is 0 Å². The number of hydrogen-bond donors (Lipinski definition) is 1. The summed E-state index contributed by atoms with van der Waals surface area (Å²) in [4.78, 5) is 17.7. The Labute approximate surface area is 154 Å². The average molecular weight is 371 g/mol. The van der Waals surface area contributed by atoms with Gasteiger partial charge in [0.25, 0.3) is 5.91 Å². The van der Waals surface area contributed by atoms with Gasteiger partial charge in [0.05, 0.1) is 5.36 Å². The predicted octanol–water partition coefficient (Wildman–Crippen LogP) is 2.42. The first-order valence-electron chi connectivity index (χ1n) is 8.29. The van der Waals surface area contributed by atoms with Crippen LogP contribution in [0, 0.1) is 0 Å². The number of carbonyl (C=O) groups excluding carboxylic acids is 1. The SMILES string of the molecule is CCCCSC1=NN2C(=c3ccccc3=N[C@@H]2c2ccsc2)C(=O)N1. The van der Waals surface area contributed by atoms with Crippen molar-refractivity contribution in [2.75, 3.05) is 5.75 Å². The lowest BCUT2D eigenvalue weighted by molar-refractivity contribution is -0.116. The highest BCUT2D eigenvalue weighted by Crippen LogP contribution is 2.31. The summed E-state index contributed by atoms with van der Waals surface area (Å²) in [5.74, 6) is 0.826. The molecule has 2 aromatic rings. The molecular formula is C18H18N4OS2. The number of thioether (sulfide) groups is 1. The molecule has 25 heavy (non-hydrogen) atoms. The van der Waals surface area contributed by atoms with Crippen molar-refractivity contribution in [1.82, 2.24) is 10.3 Å². The maximum absolute atomic E-state index is 12.8. The second-order valence-corrected chi connectivity index (χ2v) is 7.69. The largest absolute Gasteiger partial charge is 0.298 e. The van der Waals surface area contributed by atoms with E-state index in [9.17, 15) is 4.79 Å². The molecule has 0 fully saturated rings. The van der Waals surface area contributed by atoms with Crippen LogP contribution in [0.1, 0.15) is 31.5 Å². The summed E-state index contributed by atoms with van der Waals surface area (Å²) in [6, 6.07) is 9.78. The van der Waals surface area contributed by atoms with Crippen molar-refractivity contribution in [3.8, 4) is 0 Å². The maximum atomic E-state index is 12.8. The second-order valence-electron chi connectivity index (χ2n) is 5.83. The van der Waals surface area contributed by atoms with E-state index in [1.165, 1.54) is 0 Å². The Morgan fingerprint density at radius 3 is 3.00 bits per heavy atom. The highest BCUT2D eigenvalue weighted by atomic mass is 32.2. The number of carbonyl (C=O) groups is 1. The van der Waals surface area contributed by atoms with Crippen molar-refractivity contribution in [3.63, 3.8) is 0 Å². The van der Waals surface area contributed by atoms with Crippen LogP contribution in [0.3, 0.4) is 0 Å². The third kappa shape index (κ3) is 3.09. The van der Waals surface area contributed by atoms with Gasteiger partial charge in [0.1, 0.15) is 5.70 Å². The zero-order valence-electron chi connectivity index (χ0n) is 13.8. The number of hydrazone groups is 1. The molecule has 0 saturated carbocycles. The van der Waals surface area contributed by atoms with Gasteiger partial charge < -0.3 is 0 Å². The third-order valence-electron chi connectivity index (χ3n) is 4.09. The molecule has 1 atom stereocenters. The van der Waals surface area contributed by atoms with Crippen molar-refractivity contribution in [1.29, 1.82) is 0 Å². The van der Waals surface area contributed by atoms with Crippen LogP contribution in [0.25, 0.3) is 5.70 Å². The topological polar surface area (TPSA) is 57.1 Å². The maximum Gasteiger partial charge on any atom is 0.276 e. The van der Waals surface area contributed by atoms with Gasteiger partial charge in [-0.15, -0.1) is 5.10 Å². The fourth-order valence-corrected chi connectivity index (χ4v) is 4.45. The number of amidine groups is 1. The molecule has 5 nitrogen and oxygen atoms in total. The minimum Gasteiger partial charge on any atom is -0.298 e. The van der Waals surface area contributed by atoms with Crippen LogP contribution in [0.15, 0.2) is 51.2 Å². The predicted molar refractivity (Wildman–Crippen MR) is 102 cm³/mol. The van der Waals surface area contributed by atoms with Crippen LogP contribution < -0.4 is 15.9 Å². The van der Waals surface area contributed by atoms with Gasteiger partial charge in [-0.2, -0.15) is 11.3 Å². The Kier molecular flexibility index (Phi) is 4.59. The van der Waals surface area contributed by atoms with Gasteiger partial charge in [-0.1, -0.05) is 43.3 Å². The fourth-order valence-electron chi connectivity index (χ4n) is 2.84. The van der Waals surface area contributed by atoms with E-state index in [1.54, 1.807) is 28.1 Å². The molecule has 1 amide bonds. The molecular weight excluding hydrogens is 352 g/mol. The molecule has 0 aliphatic carbocycles. The van der Waals surface area contributed by atoms with E-state index >= 15 is 0 Å². The van der Waals surface area contributed by atoms with Crippen LogP contribution in [0.5, 0.6) is 0 Å². The number of thiophene rings is 1. The Bertz CT molecular complexity index is 936. The zero-order valence-corrected chi connectivity index (χ0v) is 15.4. The molecule has 0 radical (unpaired) electrons. The molecule has 0 bridgehead atoms. The molecule has 7 heteroatoms. The number of fused-ring (bicyclic) bond motifs is 2. The van der Waals surface area contributed by atoms with Crippen molar-refractivity contribution < 1.29 is 4.79 Å². The van der Waals surface area contributed by atoms with Gasteiger partial charge in [-0.25, -0.2) is 5.01 Å². The summed E-state index contributed by atoms with van der Waals surface area (Å²) in [5, 5.41) is 15.8. The van der Waals surface area contributed by atoms with E-state index in [-0.39, 0.29) is 12.1 Å². The smallest absolute Gasteiger partial charge is 0.276 e. The summed E-state index contributed by atoms with van der Waals surface area (Å²) in [6.07, 6.45) is 1.91. The van der Waals surface area contributed by atoms with Gasteiger partial charge in [-0.3, -0.25) is 15.1 Å². The minimum atomic E-state index is -0.302. The second kappa shape index (κ2) is 7.01. The van der Waals surface area contributed by atoms with Gasteiger partial charge in [-0.05, 0) is 29.3 Å². The first kappa shape index (κ1) is 16.4. The molecule has 128 valence electrons. The Morgan fingerprint density at radius 2 is 2.20 bits per heavy atom. The van der Waals surface area contributed by atoms with E-state index in [0.29, 0.717) is 10.9 Å². The third-order valence-corrected chi connectivity index (χ3v) is 5.74. The van der Waals surface area contributed by atoms with Crippen molar-refractivity contribution in [2.45, 2.75) is 25.9 Å². The van der Waals surface area contributed by atoms with Gasteiger partial charge in [0.2, 0.25) is 0 Å². The number of unbranched alkanes of at least 4 members (excludes halogenated alkanes) is 1. The van der Waals surface area contributed by atoms with Gasteiger partial charge >= 0.3 is 0 Å². The fraction of sp³-hybridized carbons (Fsp3) is 0.278. The number of rotatable bonds is 4. The van der Waals surface area contributed by atoms with Gasteiger partial charge in [0.15, 0.2) is 11.3 Å². The quantitative estimate of drug-likeness (QED) is 0.841. The first-order chi connectivity index (χ1) is 12.3. The standard InChI is InChI=1S/C18H18N4OS2/c1-2-3-9-25-18-20-17(23)15-13-6-4-5-7-14(13)19-16(22(15)21-18)12-8-10-24-11-12/h4-8,10-11,16H,2-3,9H2,1H3,(H,20,21,23)/t16-/m0/s1. The van der Waals surface area contributed by atoms with Crippen LogP contribution >= 0.6 is 23.1 Å². The number of nitrogens with zero attached hydrogens (tertiary/aromatic N) is 3. The molecule has 4 rings (SSSR count). The van der Waals surface area contributed by atoms with E-state index in [0.717, 1.165) is 34.7 Å². The summed E-state index contributed by atoms with van der Waals surface area (Å²) >= 11 is 3.21. The molecule has 1 aromatic heterocycles. The highest BCUT2D eigenvalue weighted by Gasteiger charge is 2.34. The molecule has 3 heterocycles. The van der Waals surface area contributed by atoms with E-state index in [4.69, 9.17) is 10.1 Å². The van der Waals surface area contributed by atoms with E-state index in [2.05, 4.69) is 17.6 Å². The number of nitrogens with one attached hydrogen (secondary N) is 1. The molecule has 2 aliphatic rings. The lowest BCUT2D eigenvalue weighted by Crippen LogP contribution is -2.50. The Balaban J connectivity index is 1.82. The highest BCUT2D eigenvalue weighted by molar-refractivity contribution is 8.13. The molecule has 0 saturated heterocycles. The number of hydrogen-bond acceptors (Lipinski definition) is 6. The lowest BCUT2D eigenvalue weighted by atomic mass is 10.1. The molecule has 1 aromatic carbocycles. The molecule has 1 N–H and O–H groups in total. The van der Waals surface area contributed by atoms with Gasteiger partial charge in [0, 0.05) is 16.5 Å². The van der Waals surface area contributed by atoms with Crippen molar-refractivity contribution in [2.24, 2.45) is 10.1 Å². The number of benzene rings is 1. The van der Waals surface area contributed by atoms with Crippen LogP contribution in [-0.2, 0) is 4.79 Å². The minimum absolute atomic E-state index is 0.114. The first-order valence-corrected chi connectivity index (χ1v) is 10.2. The zero-order chi connectivity index (χ0) is 17.2.